The van der Waals surface area contributed by atoms with E-state index >= 15 is 0 Å². The summed E-state index contributed by atoms with van der Waals surface area (Å²) < 4.78 is 5.66. The molecule has 0 spiro atoms. The zero-order valence-corrected chi connectivity index (χ0v) is 13.4. The van der Waals surface area contributed by atoms with Crippen molar-refractivity contribution in [1.82, 2.24) is 0 Å². The Bertz CT molecular complexity index is 664. The first-order valence-corrected chi connectivity index (χ1v) is 7.19. The number of hydrogen-bond donors (Lipinski definition) is 0. The molecule has 110 valence electrons. The van der Waals surface area contributed by atoms with E-state index in [9.17, 15) is 4.79 Å². The second-order valence-electron chi connectivity index (χ2n) is 5.79. The summed E-state index contributed by atoms with van der Waals surface area (Å²) in [5, 5.41) is 0. The smallest absolute Gasteiger partial charge is 0.200 e. The Kier molecular flexibility index (Phi) is 4.46. The summed E-state index contributed by atoms with van der Waals surface area (Å²) in [6.07, 6.45) is 0. The largest absolute Gasteiger partial charge is 0.485 e. The molecule has 0 aliphatic heterocycles. The predicted molar refractivity (Wildman–Crippen MR) is 86.4 cm³/mol. The van der Waals surface area contributed by atoms with Gasteiger partial charge in [-0.2, -0.15) is 0 Å². The van der Waals surface area contributed by atoms with Gasteiger partial charge in [0.05, 0.1) is 0 Å². The topological polar surface area (TPSA) is 26.3 Å². The number of rotatable bonds is 4. The van der Waals surface area contributed by atoms with Gasteiger partial charge in [-0.1, -0.05) is 12.1 Å². The van der Waals surface area contributed by atoms with Crippen LogP contribution >= 0.6 is 0 Å². The van der Waals surface area contributed by atoms with Gasteiger partial charge in [-0.3, -0.25) is 4.79 Å². The highest BCUT2D eigenvalue weighted by Gasteiger charge is 2.11. The number of ketones is 1. The van der Waals surface area contributed by atoms with Crippen LogP contribution in [-0.4, -0.2) is 12.4 Å². The lowest BCUT2D eigenvalue weighted by atomic mass is 9.98. The average molecular weight is 282 g/mol. The van der Waals surface area contributed by atoms with Crippen molar-refractivity contribution in [3.8, 4) is 5.75 Å². The lowest BCUT2D eigenvalue weighted by molar-refractivity contribution is 0.0920. The van der Waals surface area contributed by atoms with Crippen molar-refractivity contribution in [1.29, 1.82) is 0 Å². The summed E-state index contributed by atoms with van der Waals surface area (Å²) in [6.45, 7) is 10.2. The minimum Gasteiger partial charge on any atom is -0.485 e. The van der Waals surface area contributed by atoms with Crippen LogP contribution in [0.3, 0.4) is 0 Å². The first kappa shape index (κ1) is 15.3. The van der Waals surface area contributed by atoms with Crippen molar-refractivity contribution in [3.63, 3.8) is 0 Å². The van der Waals surface area contributed by atoms with Gasteiger partial charge in [-0.15, -0.1) is 0 Å². The van der Waals surface area contributed by atoms with Gasteiger partial charge in [0.1, 0.15) is 5.75 Å². The molecule has 2 nitrogen and oxygen atoms in total. The van der Waals surface area contributed by atoms with Crippen LogP contribution in [0.1, 0.15) is 38.2 Å². The zero-order valence-electron chi connectivity index (χ0n) is 13.4. The van der Waals surface area contributed by atoms with Crippen molar-refractivity contribution < 1.29 is 9.53 Å². The van der Waals surface area contributed by atoms with E-state index in [1.54, 1.807) is 0 Å². The minimum atomic E-state index is 0.0229. The van der Waals surface area contributed by atoms with Gasteiger partial charge in [-0.25, -0.2) is 0 Å². The summed E-state index contributed by atoms with van der Waals surface area (Å²) >= 11 is 0. The Balaban J connectivity index is 2.13. The predicted octanol–water partition coefficient (Wildman–Crippen LogP) is 4.49. The lowest BCUT2D eigenvalue weighted by Crippen LogP contribution is -2.13. The van der Waals surface area contributed by atoms with Crippen LogP contribution in [0.2, 0.25) is 0 Å². The molecule has 0 unspecified atom stereocenters. The van der Waals surface area contributed by atoms with E-state index in [1.165, 1.54) is 5.56 Å². The van der Waals surface area contributed by atoms with Crippen LogP contribution < -0.4 is 4.74 Å². The monoisotopic (exact) mass is 282 g/mol. The van der Waals surface area contributed by atoms with Crippen LogP contribution in [0.4, 0.5) is 0 Å². The van der Waals surface area contributed by atoms with E-state index in [0.717, 1.165) is 33.6 Å². The first-order valence-electron chi connectivity index (χ1n) is 7.19. The highest BCUT2D eigenvalue weighted by Crippen LogP contribution is 2.19. The van der Waals surface area contributed by atoms with Gasteiger partial charge in [0.2, 0.25) is 0 Å². The molecule has 0 fully saturated rings. The molecule has 0 aromatic heterocycles. The third-order valence-corrected chi connectivity index (χ3v) is 3.71. The summed E-state index contributed by atoms with van der Waals surface area (Å²) in [4.78, 5) is 12.3. The Morgan fingerprint density at radius 1 is 0.810 bits per heavy atom. The summed E-state index contributed by atoms with van der Waals surface area (Å²) in [6, 6.07) is 10.0. The zero-order chi connectivity index (χ0) is 15.6. The van der Waals surface area contributed by atoms with E-state index in [4.69, 9.17) is 4.74 Å². The molecule has 21 heavy (non-hydrogen) atoms. The van der Waals surface area contributed by atoms with Crippen molar-refractivity contribution >= 4 is 5.78 Å². The Morgan fingerprint density at radius 2 is 1.38 bits per heavy atom. The Hall–Kier alpha value is -2.09. The first-order chi connectivity index (χ1) is 9.86. The number of hydrogen-bond acceptors (Lipinski definition) is 2. The van der Waals surface area contributed by atoms with Crippen LogP contribution in [-0.2, 0) is 0 Å². The summed E-state index contributed by atoms with van der Waals surface area (Å²) in [5.74, 6) is 0.775. The molecule has 2 heteroatoms. The van der Waals surface area contributed by atoms with Crippen LogP contribution in [0.5, 0.6) is 5.75 Å². The highest BCUT2D eigenvalue weighted by molar-refractivity contribution is 5.98. The Labute approximate surface area is 126 Å². The third kappa shape index (κ3) is 3.72. The maximum Gasteiger partial charge on any atom is 0.200 e. The van der Waals surface area contributed by atoms with Crippen molar-refractivity contribution in [3.05, 3.63) is 63.7 Å². The van der Waals surface area contributed by atoms with Gasteiger partial charge in [-0.05, 0) is 80.6 Å². The molecular weight excluding hydrogens is 260 g/mol. The molecule has 0 N–H and O–H groups in total. The number of Topliss-reactive ketones (excluding diaryl/α,β-unsaturated/α-hetero) is 1. The van der Waals surface area contributed by atoms with E-state index in [2.05, 4.69) is 19.1 Å². The van der Waals surface area contributed by atoms with Gasteiger partial charge in [0.25, 0.3) is 0 Å². The number of ether oxygens (including phenoxy) is 1. The van der Waals surface area contributed by atoms with Crippen LogP contribution in [0.25, 0.3) is 0 Å². The van der Waals surface area contributed by atoms with Gasteiger partial charge < -0.3 is 4.74 Å². The standard InChI is InChI=1S/C19H22O2/c1-12-6-13(2)8-17(7-12)21-11-19(20)18-10-15(4)14(3)9-16(18)5/h6-10H,11H2,1-5H3. The molecule has 2 rings (SSSR count). The molecule has 0 atom stereocenters. The summed E-state index contributed by atoms with van der Waals surface area (Å²) in [7, 11) is 0. The van der Waals surface area contributed by atoms with Crippen molar-refractivity contribution in [2.75, 3.05) is 6.61 Å². The minimum absolute atomic E-state index is 0.0229. The number of benzene rings is 2. The number of carbonyl (C=O) groups excluding carboxylic acids is 1. The molecule has 0 aliphatic carbocycles. The number of carbonyl (C=O) groups is 1. The fraction of sp³-hybridized carbons (Fsp3) is 0.316. The SMILES string of the molecule is Cc1cc(C)cc(OCC(=O)c2cc(C)c(C)cc2C)c1. The normalized spacial score (nSPS) is 10.5. The molecule has 0 heterocycles. The maximum atomic E-state index is 12.3. The van der Waals surface area contributed by atoms with Gasteiger partial charge >= 0.3 is 0 Å². The van der Waals surface area contributed by atoms with Gasteiger partial charge in [0, 0.05) is 5.56 Å². The van der Waals surface area contributed by atoms with Crippen LogP contribution in [0.15, 0.2) is 30.3 Å². The van der Waals surface area contributed by atoms with Crippen LogP contribution in [0, 0.1) is 34.6 Å². The lowest BCUT2D eigenvalue weighted by Gasteiger charge is -2.11. The second kappa shape index (κ2) is 6.13. The third-order valence-electron chi connectivity index (χ3n) is 3.71. The summed E-state index contributed by atoms with van der Waals surface area (Å²) in [5.41, 5.74) is 6.38. The number of aryl methyl sites for hydroxylation is 5. The van der Waals surface area contributed by atoms with E-state index in [0.29, 0.717) is 0 Å². The molecule has 0 saturated carbocycles. The van der Waals surface area contributed by atoms with Crippen molar-refractivity contribution in [2.24, 2.45) is 0 Å². The van der Waals surface area contributed by atoms with Gasteiger partial charge in [0.15, 0.2) is 12.4 Å². The molecule has 0 bridgehead atoms. The molecule has 0 aliphatic rings. The second-order valence-corrected chi connectivity index (χ2v) is 5.79. The molecular formula is C19H22O2. The quantitative estimate of drug-likeness (QED) is 0.772. The van der Waals surface area contributed by atoms with E-state index in [-0.39, 0.29) is 12.4 Å². The Morgan fingerprint density at radius 3 is 2.00 bits per heavy atom. The molecule has 0 saturated heterocycles. The maximum absolute atomic E-state index is 12.3. The molecule has 0 amide bonds. The molecule has 2 aromatic carbocycles. The molecule has 2 aromatic rings. The fourth-order valence-electron chi connectivity index (χ4n) is 2.50. The highest BCUT2D eigenvalue weighted by atomic mass is 16.5. The fourth-order valence-corrected chi connectivity index (χ4v) is 2.50. The van der Waals surface area contributed by atoms with Crippen molar-refractivity contribution in [2.45, 2.75) is 34.6 Å². The van der Waals surface area contributed by atoms with E-state index < -0.39 is 0 Å². The average Bonchev–Trinajstić information content (AvgIpc) is 2.39. The molecule has 0 radical (unpaired) electrons. The van der Waals surface area contributed by atoms with E-state index in [1.807, 2.05) is 45.9 Å².